The van der Waals surface area contributed by atoms with Crippen molar-refractivity contribution in [1.29, 1.82) is 0 Å². The second-order valence-electron chi connectivity index (χ2n) is 4.54. The fourth-order valence-corrected chi connectivity index (χ4v) is 1.82. The highest BCUT2D eigenvalue weighted by Gasteiger charge is 2.07. The predicted octanol–water partition coefficient (Wildman–Crippen LogP) is 2.14. The minimum absolute atomic E-state index is 0.00973. The molecule has 0 saturated carbocycles. The number of amides is 2. The quantitative estimate of drug-likeness (QED) is 0.799. The number of carbonyl (C=O) groups is 1. The Hall–Kier alpha value is -2.34. The first kappa shape index (κ1) is 14.1. The Balaban J connectivity index is 1.99. The number of carbonyl (C=O) groups excluding carboxylic acids is 1. The molecule has 2 rings (SSSR count). The van der Waals surface area contributed by atoms with Crippen molar-refractivity contribution in [2.24, 2.45) is 0 Å². The number of aromatic nitrogens is 2. The summed E-state index contributed by atoms with van der Waals surface area (Å²) in [4.78, 5) is 11.9. The van der Waals surface area contributed by atoms with E-state index < -0.39 is 0 Å². The summed E-state index contributed by atoms with van der Waals surface area (Å²) >= 11 is 0. The van der Waals surface area contributed by atoms with Crippen LogP contribution in [0.15, 0.2) is 30.6 Å². The van der Waals surface area contributed by atoms with Crippen LogP contribution in [0.3, 0.4) is 0 Å². The van der Waals surface area contributed by atoms with Gasteiger partial charge in [0.05, 0.1) is 25.0 Å². The Kier molecular flexibility index (Phi) is 4.37. The van der Waals surface area contributed by atoms with E-state index >= 15 is 0 Å². The number of hydrogen-bond donors (Lipinski definition) is 3. The van der Waals surface area contributed by atoms with Crippen molar-refractivity contribution in [1.82, 2.24) is 9.78 Å². The molecule has 106 valence electrons. The first-order valence-corrected chi connectivity index (χ1v) is 6.37. The van der Waals surface area contributed by atoms with Crippen molar-refractivity contribution in [3.8, 4) is 0 Å². The monoisotopic (exact) mass is 274 g/mol. The largest absolute Gasteiger partial charge is 0.394 e. The number of aliphatic hydroxyl groups is 1. The minimum atomic E-state index is -0.317. The minimum Gasteiger partial charge on any atom is -0.394 e. The highest BCUT2D eigenvalue weighted by Crippen LogP contribution is 2.18. The van der Waals surface area contributed by atoms with Crippen LogP contribution in [-0.4, -0.2) is 27.5 Å². The number of aryl methyl sites for hydroxylation is 1. The fourth-order valence-electron chi connectivity index (χ4n) is 1.82. The maximum atomic E-state index is 11.9. The lowest BCUT2D eigenvalue weighted by atomic mass is 10.1. The lowest BCUT2D eigenvalue weighted by molar-refractivity contribution is 0.262. The molecule has 0 bridgehead atoms. The van der Waals surface area contributed by atoms with Gasteiger partial charge in [0.2, 0.25) is 0 Å². The summed E-state index contributed by atoms with van der Waals surface area (Å²) in [5, 5.41) is 18.3. The Labute approximate surface area is 117 Å². The summed E-state index contributed by atoms with van der Waals surface area (Å²) in [6.07, 6.45) is 3.21. The van der Waals surface area contributed by atoms with E-state index in [1.54, 1.807) is 17.1 Å². The number of benzene rings is 1. The average Bonchev–Trinajstić information content (AvgIpc) is 2.83. The van der Waals surface area contributed by atoms with Crippen LogP contribution in [0, 0.1) is 13.8 Å². The van der Waals surface area contributed by atoms with Gasteiger partial charge in [-0.05, 0) is 31.0 Å². The van der Waals surface area contributed by atoms with E-state index in [9.17, 15) is 4.79 Å². The maximum Gasteiger partial charge on any atom is 0.323 e. The van der Waals surface area contributed by atoms with Gasteiger partial charge in [-0.3, -0.25) is 4.68 Å². The highest BCUT2D eigenvalue weighted by atomic mass is 16.3. The molecule has 1 aromatic carbocycles. The highest BCUT2D eigenvalue weighted by molar-refractivity contribution is 6.00. The molecule has 1 aromatic heterocycles. The molecule has 0 unspecified atom stereocenters. The van der Waals surface area contributed by atoms with E-state index in [-0.39, 0.29) is 12.6 Å². The normalized spacial score (nSPS) is 10.3. The molecule has 0 radical (unpaired) electrons. The molecule has 2 amide bonds. The summed E-state index contributed by atoms with van der Waals surface area (Å²) in [6, 6.07) is 5.44. The Morgan fingerprint density at radius 1 is 1.35 bits per heavy atom. The Morgan fingerprint density at radius 2 is 2.15 bits per heavy atom. The maximum absolute atomic E-state index is 11.9. The van der Waals surface area contributed by atoms with Crippen LogP contribution in [0.2, 0.25) is 0 Å². The molecule has 0 atom stereocenters. The second kappa shape index (κ2) is 6.21. The lowest BCUT2D eigenvalue weighted by Gasteiger charge is -2.10. The van der Waals surface area contributed by atoms with Crippen molar-refractivity contribution in [3.05, 3.63) is 41.7 Å². The molecule has 0 spiro atoms. The number of nitrogens with one attached hydrogen (secondary N) is 2. The van der Waals surface area contributed by atoms with E-state index in [0.717, 1.165) is 16.8 Å². The second-order valence-corrected chi connectivity index (χ2v) is 4.54. The third kappa shape index (κ3) is 3.36. The third-order valence-corrected chi connectivity index (χ3v) is 3.07. The molecular formula is C14H18N4O2. The molecule has 0 aliphatic carbocycles. The molecule has 0 fully saturated rings. The van der Waals surface area contributed by atoms with E-state index in [1.165, 1.54) is 0 Å². The van der Waals surface area contributed by atoms with Crippen LogP contribution < -0.4 is 10.6 Å². The van der Waals surface area contributed by atoms with Gasteiger partial charge < -0.3 is 15.7 Å². The number of aliphatic hydroxyl groups excluding tert-OH is 1. The van der Waals surface area contributed by atoms with Gasteiger partial charge >= 0.3 is 6.03 Å². The van der Waals surface area contributed by atoms with E-state index in [1.807, 2.05) is 32.0 Å². The fraction of sp³-hybridized carbons (Fsp3) is 0.286. The third-order valence-electron chi connectivity index (χ3n) is 3.07. The molecule has 20 heavy (non-hydrogen) atoms. The summed E-state index contributed by atoms with van der Waals surface area (Å²) < 4.78 is 1.56. The molecule has 0 aliphatic heterocycles. The number of urea groups is 1. The molecule has 6 nitrogen and oxygen atoms in total. The first-order chi connectivity index (χ1) is 9.60. The van der Waals surface area contributed by atoms with Gasteiger partial charge in [-0.15, -0.1) is 0 Å². The van der Waals surface area contributed by atoms with Crippen LogP contribution in [0.5, 0.6) is 0 Å². The first-order valence-electron chi connectivity index (χ1n) is 6.37. The van der Waals surface area contributed by atoms with E-state index in [0.29, 0.717) is 12.2 Å². The molecule has 1 heterocycles. The Morgan fingerprint density at radius 3 is 2.90 bits per heavy atom. The standard InChI is InChI=1S/C14H18N4O2/c1-10-4-3-5-13(11(10)2)17-14(20)16-12-8-15-18(9-12)6-7-19/h3-5,8-9,19H,6-7H2,1-2H3,(H2,16,17,20). The number of anilines is 2. The number of hydrogen-bond acceptors (Lipinski definition) is 3. The number of nitrogens with zero attached hydrogens (tertiary/aromatic N) is 2. The van der Waals surface area contributed by atoms with Gasteiger partial charge in [-0.2, -0.15) is 5.10 Å². The van der Waals surface area contributed by atoms with Crippen molar-refractivity contribution >= 4 is 17.4 Å². The van der Waals surface area contributed by atoms with Gasteiger partial charge in [0.1, 0.15) is 0 Å². The lowest BCUT2D eigenvalue weighted by Crippen LogP contribution is -2.19. The summed E-state index contributed by atoms with van der Waals surface area (Å²) in [7, 11) is 0. The zero-order valence-electron chi connectivity index (χ0n) is 11.6. The van der Waals surface area contributed by atoms with Gasteiger partial charge in [-0.1, -0.05) is 12.1 Å². The van der Waals surface area contributed by atoms with Crippen molar-refractivity contribution in [3.63, 3.8) is 0 Å². The van der Waals surface area contributed by atoms with Crippen LogP contribution in [0.4, 0.5) is 16.2 Å². The average molecular weight is 274 g/mol. The molecule has 0 aliphatic rings. The van der Waals surface area contributed by atoms with E-state index in [4.69, 9.17) is 5.11 Å². The van der Waals surface area contributed by atoms with Gasteiger partial charge in [0.25, 0.3) is 0 Å². The zero-order chi connectivity index (χ0) is 14.5. The number of rotatable bonds is 4. The predicted molar refractivity (Wildman–Crippen MR) is 77.9 cm³/mol. The van der Waals surface area contributed by atoms with Gasteiger partial charge in [0, 0.05) is 11.9 Å². The zero-order valence-corrected chi connectivity index (χ0v) is 11.6. The molecule has 6 heteroatoms. The topological polar surface area (TPSA) is 79.2 Å². The Bertz CT molecular complexity index is 607. The molecule has 0 saturated heterocycles. The van der Waals surface area contributed by atoms with Crippen molar-refractivity contribution < 1.29 is 9.90 Å². The van der Waals surface area contributed by atoms with E-state index in [2.05, 4.69) is 15.7 Å². The summed E-state index contributed by atoms with van der Waals surface area (Å²) in [5.74, 6) is 0. The summed E-state index contributed by atoms with van der Waals surface area (Å²) in [6.45, 7) is 4.37. The van der Waals surface area contributed by atoms with Crippen LogP contribution in [-0.2, 0) is 6.54 Å². The van der Waals surface area contributed by atoms with Crippen LogP contribution in [0.1, 0.15) is 11.1 Å². The van der Waals surface area contributed by atoms with Crippen molar-refractivity contribution in [2.45, 2.75) is 20.4 Å². The SMILES string of the molecule is Cc1cccc(NC(=O)Nc2cnn(CCO)c2)c1C. The molecule has 3 N–H and O–H groups in total. The molecular weight excluding hydrogens is 256 g/mol. The van der Waals surface area contributed by atoms with Crippen LogP contribution >= 0.6 is 0 Å². The van der Waals surface area contributed by atoms with Crippen molar-refractivity contribution in [2.75, 3.05) is 17.2 Å². The van der Waals surface area contributed by atoms with Crippen LogP contribution in [0.25, 0.3) is 0 Å². The summed E-state index contributed by atoms with van der Waals surface area (Å²) in [5.41, 5.74) is 3.53. The van der Waals surface area contributed by atoms with Gasteiger partial charge in [0.15, 0.2) is 0 Å². The molecule has 2 aromatic rings. The smallest absolute Gasteiger partial charge is 0.323 e. The van der Waals surface area contributed by atoms with Gasteiger partial charge in [-0.25, -0.2) is 4.79 Å².